The van der Waals surface area contributed by atoms with Crippen LogP contribution in [0.15, 0.2) is 27.6 Å². The molecule has 0 amide bonds. The molecule has 1 N–H and O–H groups in total. The second kappa shape index (κ2) is 4.61. The number of hydrogen-bond acceptors (Lipinski definition) is 5. The SMILES string of the molecule is Cn1nnc(NS(=O)(=O)c2ccc(Br)cc2F)n1. The highest BCUT2D eigenvalue weighted by molar-refractivity contribution is 9.10. The number of hydrogen-bond donors (Lipinski definition) is 1. The maximum absolute atomic E-state index is 13.5. The van der Waals surface area contributed by atoms with Crippen LogP contribution in [-0.4, -0.2) is 28.6 Å². The number of tetrazole rings is 1. The Bertz CT molecular complexity index is 687. The van der Waals surface area contributed by atoms with Gasteiger partial charge in [0.25, 0.3) is 16.0 Å². The van der Waals surface area contributed by atoms with Crippen molar-refractivity contribution >= 4 is 31.9 Å². The number of aromatic nitrogens is 4. The average Bonchev–Trinajstić information content (AvgIpc) is 2.62. The lowest BCUT2D eigenvalue weighted by Crippen LogP contribution is -2.15. The number of aryl methyl sites for hydroxylation is 1. The Morgan fingerprint density at radius 1 is 1.44 bits per heavy atom. The van der Waals surface area contributed by atoms with Gasteiger partial charge in [-0.3, -0.25) is 0 Å². The van der Waals surface area contributed by atoms with E-state index < -0.39 is 20.7 Å². The van der Waals surface area contributed by atoms with E-state index in [0.29, 0.717) is 4.47 Å². The van der Waals surface area contributed by atoms with Gasteiger partial charge in [0.15, 0.2) is 0 Å². The summed E-state index contributed by atoms with van der Waals surface area (Å²) in [5.74, 6) is -1.10. The second-order valence-electron chi connectivity index (χ2n) is 3.28. The van der Waals surface area contributed by atoms with Gasteiger partial charge in [-0.05, 0) is 23.4 Å². The number of benzene rings is 1. The molecule has 96 valence electrons. The van der Waals surface area contributed by atoms with Gasteiger partial charge in [0.1, 0.15) is 10.7 Å². The van der Waals surface area contributed by atoms with E-state index >= 15 is 0 Å². The standard InChI is InChI=1S/C8H7BrFN5O2S/c1-15-12-8(11-14-15)13-18(16,17)7-3-2-5(9)4-6(7)10/h2-4H,1H3,(H,12,13). The van der Waals surface area contributed by atoms with Crippen LogP contribution >= 0.6 is 15.9 Å². The number of nitrogens with zero attached hydrogens (tertiary/aromatic N) is 4. The molecule has 0 aliphatic heterocycles. The van der Waals surface area contributed by atoms with Crippen LogP contribution in [0.2, 0.25) is 0 Å². The molecular weight excluding hydrogens is 329 g/mol. The maximum atomic E-state index is 13.5. The van der Waals surface area contributed by atoms with Crippen LogP contribution in [0.5, 0.6) is 0 Å². The van der Waals surface area contributed by atoms with E-state index in [4.69, 9.17) is 0 Å². The van der Waals surface area contributed by atoms with E-state index in [1.807, 2.05) is 4.72 Å². The largest absolute Gasteiger partial charge is 0.277 e. The second-order valence-corrected chi connectivity index (χ2v) is 5.85. The first-order chi connectivity index (χ1) is 8.38. The van der Waals surface area contributed by atoms with Crippen molar-refractivity contribution in [1.29, 1.82) is 0 Å². The van der Waals surface area contributed by atoms with Crippen LogP contribution in [-0.2, 0) is 17.1 Å². The van der Waals surface area contributed by atoms with Crippen LogP contribution in [0, 0.1) is 5.82 Å². The monoisotopic (exact) mass is 335 g/mol. The Kier molecular flexibility index (Phi) is 3.30. The summed E-state index contributed by atoms with van der Waals surface area (Å²) >= 11 is 3.04. The van der Waals surface area contributed by atoms with Gasteiger partial charge in [-0.1, -0.05) is 21.0 Å². The van der Waals surface area contributed by atoms with Crippen LogP contribution in [0.25, 0.3) is 0 Å². The van der Waals surface area contributed by atoms with Gasteiger partial charge in [0.05, 0.1) is 7.05 Å². The normalized spacial score (nSPS) is 11.5. The molecule has 0 fully saturated rings. The topological polar surface area (TPSA) is 89.8 Å². The first-order valence-corrected chi connectivity index (χ1v) is 6.88. The molecular formula is C8H7BrFN5O2S. The number of rotatable bonds is 3. The Hall–Kier alpha value is -1.55. The van der Waals surface area contributed by atoms with Crippen LogP contribution in [0.3, 0.4) is 0 Å². The lowest BCUT2D eigenvalue weighted by Gasteiger charge is -2.05. The molecule has 2 aromatic rings. The van der Waals surface area contributed by atoms with Crippen molar-refractivity contribution in [3.05, 3.63) is 28.5 Å². The van der Waals surface area contributed by atoms with Gasteiger partial charge < -0.3 is 0 Å². The summed E-state index contributed by atoms with van der Waals surface area (Å²) in [5, 5.41) is 10.6. The summed E-state index contributed by atoms with van der Waals surface area (Å²) < 4.78 is 39.7. The fourth-order valence-corrected chi connectivity index (χ4v) is 2.52. The highest BCUT2D eigenvalue weighted by atomic mass is 79.9. The highest BCUT2D eigenvalue weighted by Crippen LogP contribution is 2.20. The maximum Gasteiger partial charge on any atom is 0.277 e. The highest BCUT2D eigenvalue weighted by Gasteiger charge is 2.21. The lowest BCUT2D eigenvalue weighted by molar-refractivity contribution is 0.569. The number of anilines is 1. The third-order valence-electron chi connectivity index (χ3n) is 1.92. The minimum Gasteiger partial charge on any atom is -0.244 e. The Morgan fingerprint density at radius 2 is 2.17 bits per heavy atom. The summed E-state index contributed by atoms with van der Waals surface area (Å²) in [6.45, 7) is 0. The van der Waals surface area contributed by atoms with Crippen LogP contribution in [0.4, 0.5) is 10.3 Å². The van der Waals surface area contributed by atoms with Crippen LogP contribution < -0.4 is 4.72 Å². The molecule has 10 heteroatoms. The minimum atomic E-state index is -4.07. The molecule has 0 spiro atoms. The molecule has 0 aliphatic rings. The zero-order valence-electron chi connectivity index (χ0n) is 9.00. The zero-order chi connectivity index (χ0) is 13.3. The summed E-state index contributed by atoms with van der Waals surface area (Å²) in [6.07, 6.45) is 0. The molecule has 0 bridgehead atoms. The molecule has 2 rings (SSSR count). The molecule has 0 aliphatic carbocycles. The van der Waals surface area contributed by atoms with Gasteiger partial charge in [-0.25, -0.2) is 17.5 Å². The molecule has 7 nitrogen and oxygen atoms in total. The molecule has 0 saturated carbocycles. The van der Waals surface area contributed by atoms with Gasteiger partial charge in [-0.2, -0.15) is 4.80 Å². The Balaban J connectivity index is 2.36. The molecule has 1 aromatic carbocycles. The molecule has 0 atom stereocenters. The van der Waals surface area contributed by atoms with E-state index in [0.717, 1.165) is 16.9 Å². The molecule has 0 radical (unpaired) electrons. The van der Waals surface area contributed by atoms with Crippen LogP contribution in [0.1, 0.15) is 0 Å². The fraction of sp³-hybridized carbons (Fsp3) is 0.125. The van der Waals surface area contributed by atoms with Crippen molar-refractivity contribution in [2.75, 3.05) is 4.72 Å². The van der Waals surface area contributed by atoms with Crippen molar-refractivity contribution in [1.82, 2.24) is 20.2 Å². The molecule has 18 heavy (non-hydrogen) atoms. The van der Waals surface area contributed by atoms with Crippen molar-refractivity contribution in [2.45, 2.75) is 4.90 Å². The lowest BCUT2D eigenvalue weighted by atomic mass is 10.3. The number of nitrogens with one attached hydrogen (secondary N) is 1. The summed E-state index contributed by atoms with van der Waals surface area (Å²) in [7, 11) is -2.59. The van der Waals surface area contributed by atoms with Crippen molar-refractivity contribution in [3.63, 3.8) is 0 Å². The van der Waals surface area contributed by atoms with E-state index in [1.54, 1.807) is 0 Å². The molecule has 0 unspecified atom stereocenters. The van der Waals surface area contributed by atoms with Crippen molar-refractivity contribution in [3.8, 4) is 0 Å². The Labute approximate surface area is 110 Å². The van der Waals surface area contributed by atoms with E-state index in [2.05, 4.69) is 31.3 Å². The molecule has 0 saturated heterocycles. The van der Waals surface area contributed by atoms with Gasteiger partial charge >= 0.3 is 0 Å². The van der Waals surface area contributed by atoms with E-state index in [1.165, 1.54) is 13.1 Å². The average molecular weight is 336 g/mol. The Morgan fingerprint density at radius 3 is 2.72 bits per heavy atom. The first kappa shape index (κ1) is 12.9. The number of sulfonamides is 1. The van der Waals surface area contributed by atoms with Crippen molar-refractivity contribution < 1.29 is 12.8 Å². The molecule has 1 heterocycles. The van der Waals surface area contributed by atoms with E-state index in [-0.39, 0.29) is 5.95 Å². The van der Waals surface area contributed by atoms with Gasteiger partial charge in [0, 0.05) is 4.47 Å². The van der Waals surface area contributed by atoms with Gasteiger partial charge in [0.2, 0.25) is 0 Å². The predicted octanol–water partition coefficient (Wildman–Crippen LogP) is 0.912. The minimum absolute atomic E-state index is 0.222. The summed E-state index contributed by atoms with van der Waals surface area (Å²) in [5.41, 5.74) is 0. The molecule has 1 aromatic heterocycles. The third-order valence-corrected chi connectivity index (χ3v) is 3.77. The zero-order valence-corrected chi connectivity index (χ0v) is 11.4. The van der Waals surface area contributed by atoms with Gasteiger partial charge in [-0.15, -0.1) is 5.10 Å². The van der Waals surface area contributed by atoms with Crippen molar-refractivity contribution in [2.24, 2.45) is 7.05 Å². The van der Waals surface area contributed by atoms with E-state index in [9.17, 15) is 12.8 Å². The quantitative estimate of drug-likeness (QED) is 0.900. The third kappa shape index (κ3) is 2.64. The smallest absolute Gasteiger partial charge is 0.244 e. The summed E-state index contributed by atoms with van der Waals surface area (Å²) in [6, 6.07) is 3.61. The number of halogens is 2. The fourth-order valence-electron chi connectivity index (χ4n) is 1.19. The predicted molar refractivity (Wildman–Crippen MR) is 63.7 cm³/mol. The summed E-state index contributed by atoms with van der Waals surface area (Å²) in [4.78, 5) is 0.591. The first-order valence-electron chi connectivity index (χ1n) is 4.60.